The molecule has 3 heterocycles. The third-order valence-electron chi connectivity index (χ3n) is 6.77. The van der Waals surface area contributed by atoms with E-state index in [-0.39, 0.29) is 17.9 Å². The number of fused-ring (bicyclic) bond motifs is 1. The number of nitrogens with zero attached hydrogens (tertiary/aromatic N) is 3. The number of benzene rings is 1. The minimum Gasteiger partial charge on any atom is -0.493 e. The van der Waals surface area contributed by atoms with Gasteiger partial charge in [-0.1, -0.05) is 11.6 Å². The number of hydrogen-bond acceptors (Lipinski definition) is 6. The molecule has 35 heavy (non-hydrogen) atoms. The van der Waals surface area contributed by atoms with Crippen LogP contribution in [0.4, 0.5) is 0 Å². The summed E-state index contributed by atoms with van der Waals surface area (Å²) in [6.07, 6.45) is 5.85. The third kappa shape index (κ3) is 5.00. The number of aliphatic hydroxyl groups excluding tert-OH is 1. The Labute approximate surface area is 203 Å². The summed E-state index contributed by atoms with van der Waals surface area (Å²) < 4.78 is 6.12. The first-order valence-corrected chi connectivity index (χ1v) is 12.2. The van der Waals surface area contributed by atoms with Crippen molar-refractivity contribution in [1.82, 2.24) is 25.2 Å². The van der Waals surface area contributed by atoms with Gasteiger partial charge in [0, 0.05) is 30.9 Å². The Kier molecular flexibility index (Phi) is 6.42. The fraction of sp³-hybridized carbons (Fsp3) is 0.462. The average molecular weight is 478 g/mol. The lowest BCUT2D eigenvalue weighted by Crippen LogP contribution is -2.48. The Bertz CT molecular complexity index is 1240. The van der Waals surface area contributed by atoms with Crippen LogP contribution in [-0.4, -0.2) is 68.6 Å². The van der Waals surface area contributed by atoms with Crippen molar-refractivity contribution in [3.8, 4) is 17.0 Å². The smallest absolute Gasteiger partial charge is 0.255 e. The van der Waals surface area contributed by atoms with E-state index in [1.165, 1.54) is 26.1 Å². The maximum Gasteiger partial charge on any atom is 0.255 e. The molecule has 2 aromatic heterocycles. The van der Waals surface area contributed by atoms with Crippen LogP contribution in [0.2, 0.25) is 0 Å². The Morgan fingerprint density at radius 2 is 2.00 bits per heavy atom. The van der Waals surface area contributed by atoms with Crippen molar-refractivity contribution >= 4 is 22.8 Å². The molecule has 9 heteroatoms. The molecule has 3 aromatic rings. The van der Waals surface area contributed by atoms with Gasteiger partial charge >= 0.3 is 0 Å². The van der Waals surface area contributed by atoms with Crippen molar-refractivity contribution in [2.24, 2.45) is 5.92 Å². The van der Waals surface area contributed by atoms with E-state index < -0.39 is 6.10 Å². The number of hydrogen-bond donors (Lipinski definition) is 3. The van der Waals surface area contributed by atoms with E-state index in [1.807, 2.05) is 25.1 Å². The molecule has 5 rings (SSSR count). The lowest BCUT2D eigenvalue weighted by Gasteiger charge is -2.33. The SMILES string of the molecule is Cc1ccc(OCC2CC2)c(-c2ncnc3c(C(=O)NC4CCN(C(=O)[C@H](C)O)CC4)c[nH]c23)c1. The molecule has 1 aliphatic carbocycles. The fourth-order valence-electron chi connectivity index (χ4n) is 4.53. The van der Waals surface area contributed by atoms with Gasteiger partial charge in [-0.05, 0) is 57.6 Å². The number of aliphatic hydroxyl groups is 1. The van der Waals surface area contributed by atoms with Gasteiger partial charge in [0.15, 0.2) is 0 Å². The van der Waals surface area contributed by atoms with Gasteiger partial charge in [-0.2, -0.15) is 0 Å². The zero-order valence-corrected chi connectivity index (χ0v) is 20.1. The van der Waals surface area contributed by atoms with Crippen molar-refractivity contribution in [2.45, 2.75) is 51.7 Å². The highest BCUT2D eigenvalue weighted by atomic mass is 16.5. The summed E-state index contributed by atoms with van der Waals surface area (Å²) in [5.41, 5.74) is 4.38. The second kappa shape index (κ2) is 9.65. The highest BCUT2D eigenvalue weighted by molar-refractivity contribution is 6.08. The van der Waals surface area contributed by atoms with Crippen molar-refractivity contribution in [3.63, 3.8) is 0 Å². The first-order valence-electron chi connectivity index (χ1n) is 12.2. The second-order valence-corrected chi connectivity index (χ2v) is 9.65. The minimum absolute atomic E-state index is 0.0500. The average Bonchev–Trinajstić information content (AvgIpc) is 3.58. The molecule has 9 nitrogen and oxygen atoms in total. The van der Waals surface area contributed by atoms with E-state index >= 15 is 0 Å². The number of carbonyl (C=O) groups excluding carboxylic acids is 2. The van der Waals surface area contributed by atoms with Crippen LogP contribution in [0.3, 0.4) is 0 Å². The molecule has 0 bridgehead atoms. The summed E-state index contributed by atoms with van der Waals surface area (Å²) >= 11 is 0. The summed E-state index contributed by atoms with van der Waals surface area (Å²) in [5.74, 6) is 0.928. The lowest BCUT2D eigenvalue weighted by atomic mass is 10.0. The number of carbonyl (C=O) groups is 2. The number of amides is 2. The number of aromatic nitrogens is 3. The Morgan fingerprint density at radius 1 is 1.23 bits per heavy atom. The topological polar surface area (TPSA) is 120 Å². The predicted molar refractivity (Wildman–Crippen MR) is 131 cm³/mol. The minimum atomic E-state index is -1.01. The number of H-pyrrole nitrogens is 1. The zero-order valence-electron chi connectivity index (χ0n) is 20.1. The Hall–Kier alpha value is -3.46. The van der Waals surface area contributed by atoms with Crippen LogP contribution in [0.1, 0.15) is 48.5 Å². The largest absolute Gasteiger partial charge is 0.493 e. The molecule has 1 aromatic carbocycles. The number of aromatic amines is 1. The molecule has 1 atom stereocenters. The summed E-state index contributed by atoms with van der Waals surface area (Å²) in [7, 11) is 0. The molecular weight excluding hydrogens is 446 g/mol. The predicted octanol–water partition coefficient (Wildman–Crippen LogP) is 2.82. The highest BCUT2D eigenvalue weighted by Crippen LogP contribution is 2.36. The van der Waals surface area contributed by atoms with Crippen LogP contribution in [0.25, 0.3) is 22.3 Å². The van der Waals surface area contributed by atoms with Gasteiger partial charge in [0.25, 0.3) is 11.8 Å². The quantitative estimate of drug-likeness (QED) is 0.481. The number of nitrogens with one attached hydrogen (secondary N) is 2. The van der Waals surface area contributed by atoms with Crippen molar-refractivity contribution in [1.29, 1.82) is 0 Å². The number of ether oxygens (including phenoxy) is 1. The van der Waals surface area contributed by atoms with Crippen LogP contribution in [0.15, 0.2) is 30.7 Å². The molecule has 184 valence electrons. The summed E-state index contributed by atoms with van der Waals surface area (Å²) in [6, 6.07) is 6.00. The van der Waals surface area contributed by atoms with Crippen LogP contribution in [-0.2, 0) is 4.79 Å². The molecule has 1 saturated heterocycles. The van der Waals surface area contributed by atoms with Gasteiger partial charge in [0.1, 0.15) is 29.4 Å². The molecule has 1 saturated carbocycles. The van der Waals surface area contributed by atoms with Crippen LogP contribution in [0.5, 0.6) is 5.75 Å². The maximum atomic E-state index is 13.1. The van der Waals surface area contributed by atoms with Gasteiger partial charge in [-0.25, -0.2) is 9.97 Å². The molecule has 2 aliphatic rings. The zero-order chi connectivity index (χ0) is 24.5. The molecule has 2 amide bonds. The van der Waals surface area contributed by atoms with Gasteiger partial charge in [-0.3, -0.25) is 9.59 Å². The van der Waals surface area contributed by atoms with E-state index in [2.05, 4.69) is 20.3 Å². The van der Waals surface area contributed by atoms with Gasteiger partial charge < -0.3 is 25.0 Å². The number of aryl methyl sites for hydroxylation is 1. The van der Waals surface area contributed by atoms with E-state index in [1.54, 1.807) is 11.1 Å². The third-order valence-corrected chi connectivity index (χ3v) is 6.77. The number of rotatable bonds is 7. The molecule has 0 radical (unpaired) electrons. The van der Waals surface area contributed by atoms with E-state index in [0.717, 1.165) is 16.9 Å². The monoisotopic (exact) mass is 477 g/mol. The summed E-state index contributed by atoms with van der Waals surface area (Å²) in [6.45, 7) is 5.21. The standard InChI is InChI=1S/C26H31N5O4/c1-15-3-6-21(35-13-17-4-5-17)19(11-15)22-24-23(29-14-28-22)20(12-27-24)25(33)30-18-7-9-31(10-8-18)26(34)16(2)32/h3,6,11-12,14,16-18,27,32H,4-5,7-10,13H2,1-2H3,(H,30,33)/t16-/m0/s1. The highest BCUT2D eigenvalue weighted by Gasteiger charge is 2.27. The van der Waals surface area contributed by atoms with Crippen LogP contribution in [0, 0.1) is 12.8 Å². The molecular formula is C26H31N5O4. The molecule has 2 fully saturated rings. The number of likely N-dealkylation sites (tertiary alicyclic amines) is 1. The molecule has 0 unspecified atom stereocenters. The first kappa shape index (κ1) is 23.3. The van der Waals surface area contributed by atoms with Crippen molar-refractivity contribution < 1.29 is 19.4 Å². The van der Waals surface area contributed by atoms with Crippen molar-refractivity contribution in [2.75, 3.05) is 19.7 Å². The fourth-order valence-corrected chi connectivity index (χ4v) is 4.53. The Balaban J connectivity index is 1.35. The normalized spacial score (nSPS) is 17.4. The van der Waals surface area contributed by atoms with Crippen molar-refractivity contribution in [3.05, 3.63) is 41.9 Å². The van der Waals surface area contributed by atoms with Gasteiger partial charge in [0.05, 0.1) is 17.7 Å². The summed E-state index contributed by atoms with van der Waals surface area (Å²) in [5, 5.41) is 12.6. The molecule has 3 N–H and O–H groups in total. The molecule has 0 spiro atoms. The van der Waals surface area contributed by atoms with E-state index in [4.69, 9.17) is 4.74 Å². The molecule has 1 aliphatic heterocycles. The summed E-state index contributed by atoms with van der Waals surface area (Å²) in [4.78, 5) is 38.9. The van der Waals surface area contributed by atoms with Crippen LogP contribution >= 0.6 is 0 Å². The van der Waals surface area contributed by atoms with E-state index in [9.17, 15) is 14.7 Å². The van der Waals surface area contributed by atoms with E-state index in [0.29, 0.717) is 60.7 Å². The lowest BCUT2D eigenvalue weighted by molar-refractivity contribution is -0.140. The Morgan fingerprint density at radius 3 is 2.71 bits per heavy atom. The van der Waals surface area contributed by atoms with Gasteiger partial charge in [0.2, 0.25) is 0 Å². The number of piperidine rings is 1. The second-order valence-electron chi connectivity index (χ2n) is 9.65. The first-order chi connectivity index (χ1) is 16.9. The van der Waals surface area contributed by atoms with Gasteiger partial charge in [-0.15, -0.1) is 0 Å². The maximum absolute atomic E-state index is 13.1. The van der Waals surface area contributed by atoms with Crippen LogP contribution < -0.4 is 10.1 Å².